The van der Waals surface area contributed by atoms with E-state index < -0.39 is 0 Å². The first-order valence-corrected chi connectivity index (χ1v) is 12.9. The summed E-state index contributed by atoms with van der Waals surface area (Å²) in [6.45, 7) is 0. The minimum atomic E-state index is -0.0372. The van der Waals surface area contributed by atoms with E-state index in [1.807, 2.05) is 36.4 Å². The first kappa shape index (κ1) is 26.9. The fourth-order valence-corrected chi connectivity index (χ4v) is 5.71. The van der Waals surface area contributed by atoms with Crippen LogP contribution in [0.3, 0.4) is 0 Å². The van der Waals surface area contributed by atoms with Gasteiger partial charge in [0, 0.05) is 22.3 Å². The molecule has 4 N–H and O–H groups in total. The molecule has 8 nitrogen and oxygen atoms in total. The van der Waals surface area contributed by atoms with Crippen LogP contribution >= 0.6 is 0 Å². The molecule has 0 saturated carbocycles. The maximum atomic E-state index is 10.2. The summed E-state index contributed by atoms with van der Waals surface area (Å²) in [5.41, 5.74) is 7.11. The van der Waals surface area contributed by atoms with Crippen LogP contribution in [0.1, 0.15) is 22.3 Å². The molecular formula is C32H32O8. The standard InChI is InChI=1S/2C16H16O4/c2*1-19-12-8-10-7-6-9-4-3-5-11(17)13(9)14(10)16(20-2)15(12)18/h2*3-5,8,17-18H,6-7H2,1-2H3. The number of aryl methyl sites for hydroxylation is 4. The molecule has 0 heterocycles. The lowest BCUT2D eigenvalue weighted by Gasteiger charge is -2.24. The lowest BCUT2D eigenvalue weighted by Crippen LogP contribution is -2.06. The molecule has 0 radical (unpaired) electrons. The summed E-state index contributed by atoms with van der Waals surface area (Å²) in [6, 6.07) is 14.5. The zero-order chi connectivity index (χ0) is 28.6. The molecule has 2 aliphatic rings. The van der Waals surface area contributed by atoms with Crippen molar-refractivity contribution < 1.29 is 39.4 Å². The Bertz CT molecular complexity index is 1470. The van der Waals surface area contributed by atoms with Gasteiger partial charge in [-0.3, -0.25) is 0 Å². The third kappa shape index (κ3) is 4.35. The maximum absolute atomic E-state index is 10.2. The highest BCUT2D eigenvalue weighted by Crippen LogP contribution is 2.52. The van der Waals surface area contributed by atoms with Gasteiger partial charge >= 0.3 is 0 Å². The van der Waals surface area contributed by atoms with Crippen LogP contribution in [-0.2, 0) is 25.7 Å². The predicted octanol–water partition coefficient (Wildman–Crippen LogP) is 5.76. The number of rotatable bonds is 4. The van der Waals surface area contributed by atoms with Gasteiger partial charge in [-0.05, 0) is 72.2 Å². The van der Waals surface area contributed by atoms with E-state index in [0.29, 0.717) is 23.0 Å². The van der Waals surface area contributed by atoms with Crippen LogP contribution in [0.2, 0.25) is 0 Å². The van der Waals surface area contributed by atoms with Gasteiger partial charge in [0.05, 0.1) is 28.4 Å². The Labute approximate surface area is 232 Å². The SMILES string of the molecule is COc1cc2c(c(OC)c1O)-c1c(O)cccc1CC2.COc1cc2c(c(OC)c1O)-c1c(O)cccc1CC2. The van der Waals surface area contributed by atoms with Gasteiger partial charge in [-0.25, -0.2) is 0 Å². The Balaban J connectivity index is 0.000000161. The summed E-state index contributed by atoms with van der Waals surface area (Å²) in [7, 11) is 6.02. The van der Waals surface area contributed by atoms with Crippen molar-refractivity contribution >= 4 is 0 Å². The van der Waals surface area contributed by atoms with E-state index >= 15 is 0 Å². The average Bonchev–Trinajstić information content (AvgIpc) is 2.97. The van der Waals surface area contributed by atoms with Gasteiger partial charge in [-0.2, -0.15) is 0 Å². The fourth-order valence-electron chi connectivity index (χ4n) is 5.71. The van der Waals surface area contributed by atoms with Crippen molar-refractivity contribution in [1.29, 1.82) is 0 Å². The first-order valence-electron chi connectivity index (χ1n) is 12.9. The van der Waals surface area contributed by atoms with E-state index in [2.05, 4.69) is 0 Å². The molecule has 0 aromatic heterocycles. The number of ether oxygens (including phenoxy) is 4. The number of hydrogen-bond donors (Lipinski definition) is 4. The predicted molar refractivity (Wildman–Crippen MR) is 151 cm³/mol. The first-order chi connectivity index (χ1) is 19.3. The number of phenolic OH excluding ortho intramolecular Hbond substituents is 4. The molecule has 40 heavy (non-hydrogen) atoms. The smallest absolute Gasteiger partial charge is 0.201 e. The molecule has 4 aromatic rings. The molecule has 2 aliphatic carbocycles. The summed E-state index contributed by atoms with van der Waals surface area (Å²) in [6.07, 6.45) is 3.32. The number of methoxy groups -OCH3 is 4. The van der Waals surface area contributed by atoms with Crippen molar-refractivity contribution in [3.63, 3.8) is 0 Å². The van der Waals surface area contributed by atoms with Gasteiger partial charge in [0.1, 0.15) is 11.5 Å². The summed E-state index contributed by atoms with van der Waals surface area (Å²) in [5.74, 6) is 1.80. The van der Waals surface area contributed by atoms with E-state index in [4.69, 9.17) is 18.9 Å². The molecule has 0 atom stereocenters. The van der Waals surface area contributed by atoms with Crippen LogP contribution in [0, 0.1) is 0 Å². The van der Waals surface area contributed by atoms with E-state index in [9.17, 15) is 20.4 Å². The number of benzene rings is 4. The van der Waals surface area contributed by atoms with Crippen LogP contribution in [-0.4, -0.2) is 48.9 Å². The molecule has 0 bridgehead atoms. The van der Waals surface area contributed by atoms with Gasteiger partial charge in [0.25, 0.3) is 0 Å². The molecule has 0 fully saturated rings. The summed E-state index contributed by atoms with van der Waals surface area (Å²) in [5, 5.41) is 40.8. The topological polar surface area (TPSA) is 118 Å². The number of aromatic hydroxyl groups is 4. The quantitative estimate of drug-likeness (QED) is 0.256. The second-order valence-electron chi connectivity index (χ2n) is 9.61. The van der Waals surface area contributed by atoms with Crippen molar-refractivity contribution in [2.75, 3.05) is 28.4 Å². The zero-order valence-electron chi connectivity index (χ0n) is 22.9. The largest absolute Gasteiger partial charge is 0.507 e. The highest BCUT2D eigenvalue weighted by molar-refractivity contribution is 5.87. The average molecular weight is 545 g/mol. The molecule has 6 rings (SSSR count). The van der Waals surface area contributed by atoms with Crippen molar-refractivity contribution in [3.8, 4) is 68.2 Å². The Morgan fingerprint density at radius 2 is 0.850 bits per heavy atom. The summed E-state index contributed by atoms with van der Waals surface area (Å²) < 4.78 is 21.1. The minimum Gasteiger partial charge on any atom is -0.507 e. The number of fused-ring (bicyclic) bond motifs is 6. The van der Waals surface area contributed by atoms with E-state index in [-0.39, 0.29) is 23.0 Å². The van der Waals surface area contributed by atoms with E-state index in [1.54, 1.807) is 12.1 Å². The van der Waals surface area contributed by atoms with Crippen LogP contribution in [0.25, 0.3) is 22.3 Å². The van der Waals surface area contributed by atoms with Crippen LogP contribution in [0.5, 0.6) is 46.0 Å². The Morgan fingerprint density at radius 3 is 1.20 bits per heavy atom. The second kappa shape index (κ2) is 10.8. The molecule has 208 valence electrons. The third-order valence-electron chi connectivity index (χ3n) is 7.54. The van der Waals surface area contributed by atoms with Gasteiger partial charge in [-0.15, -0.1) is 0 Å². The third-order valence-corrected chi connectivity index (χ3v) is 7.54. The Kier molecular flexibility index (Phi) is 7.26. The number of hydrogen-bond acceptors (Lipinski definition) is 8. The number of phenols is 4. The molecular weight excluding hydrogens is 512 g/mol. The van der Waals surface area contributed by atoms with Crippen LogP contribution in [0.4, 0.5) is 0 Å². The van der Waals surface area contributed by atoms with Crippen molar-refractivity contribution in [3.05, 3.63) is 70.8 Å². The summed E-state index contributed by atoms with van der Waals surface area (Å²) in [4.78, 5) is 0. The lowest BCUT2D eigenvalue weighted by molar-refractivity contribution is 0.340. The molecule has 0 saturated heterocycles. The Hall–Kier alpha value is -4.72. The van der Waals surface area contributed by atoms with Crippen LogP contribution < -0.4 is 18.9 Å². The molecule has 4 aromatic carbocycles. The second-order valence-corrected chi connectivity index (χ2v) is 9.61. The fraction of sp³-hybridized carbons (Fsp3) is 0.250. The molecule has 0 amide bonds. The van der Waals surface area contributed by atoms with Crippen molar-refractivity contribution in [2.24, 2.45) is 0 Å². The molecule has 8 heteroatoms. The van der Waals surface area contributed by atoms with Crippen LogP contribution in [0.15, 0.2) is 48.5 Å². The van der Waals surface area contributed by atoms with Crippen molar-refractivity contribution in [2.45, 2.75) is 25.7 Å². The summed E-state index contributed by atoms with van der Waals surface area (Å²) >= 11 is 0. The van der Waals surface area contributed by atoms with E-state index in [0.717, 1.165) is 70.2 Å². The highest BCUT2D eigenvalue weighted by atomic mass is 16.5. The molecule has 0 unspecified atom stereocenters. The van der Waals surface area contributed by atoms with E-state index in [1.165, 1.54) is 28.4 Å². The highest BCUT2D eigenvalue weighted by Gasteiger charge is 2.28. The van der Waals surface area contributed by atoms with Crippen molar-refractivity contribution in [1.82, 2.24) is 0 Å². The Morgan fingerprint density at radius 1 is 0.475 bits per heavy atom. The van der Waals surface area contributed by atoms with Gasteiger partial charge in [0.15, 0.2) is 23.0 Å². The zero-order valence-corrected chi connectivity index (χ0v) is 22.9. The normalized spacial score (nSPS) is 12.5. The van der Waals surface area contributed by atoms with Gasteiger partial charge in [-0.1, -0.05) is 24.3 Å². The van der Waals surface area contributed by atoms with Gasteiger partial charge < -0.3 is 39.4 Å². The molecule has 0 spiro atoms. The minimum absolute atomic E-state index is 0.0372. The monoisotopic (exact) mass is 544 g/mol. The maximum Gasteiger partial charge on any atom is 0.201 e. The van der Waals surface area contributed by atoms with Gasteiger partial charge in [0.2, 0.25) is 11.5 Å². The lowest BCUT2D eigenvalue weighted by atomic mass is 9.84. The molecule has 0 aliphatic heterocycles.